The molecule has 1 aliphatic heterocycles. The lowest BCUT2D eigenvalue weighted by molar-refractivity contribution is -0.137. The number of halogens is 3. The minimum atomic E-state index is -4.38. The van der Waals surface area contributed by atoms with Gasteiger partial charge in [0, 0.05) is 0 Å². The topological polar surface area (TPSA) is 12.0 Å². The van der Waals surface area contributed by atoms with E-state index in [0.717, 1.165) is 31.5 Å². The summed E-state index contributed by atoms with van der Waals surface area (Å²) in [5.41, 5.74) is 1.61. The lowest BCUT2D eigenvalue weighted by Gasteiger charge is -2.19. The first-order valence-electron chi connectivity index (χ1n) is 7.71. The first kappa shape index (κ1) is 15.8. The van der Waals surface area contributed by atoms with Crippen molar-refractivity contribution in [1.29, 1.82) is 0 Å². The van der Waals surface area contributed by atoms with Crippen LogP contribution in [0.4, 0.5) is 13.2 Å². The Balaban J connectivity index is 2.13. The summed E-state index contributed by atoms with van der Waals surface area (Å²) >= 11 is 0. The van der Waals surface area contributed by atoms with Gasteiger partial charge in [-0.05, 0) is 42.6 Å². The first-order valence-corrected chi connectivity index (χ1v) is 7.71. The van der Waals surface area contributed by atoms with E-state index < -0.39 is 11.7 Å². The third kappa shape index (κ3) is 3.64. The largest absolute Gasteiger partial charge is 0.417 e. The van der Waals surface area contributed by atoms with Gasteiger partial charge in [0.05, 0.1) is 5.56 Å². The zero-order valence-corrected chi connectivity index (χ0v) is 12.7. The van der Waals surface area contributed by atoms with E-state index in [4.69, 9.17) is 0 Å². The molecule has 2 aromatic rings. The number of nitrogens with one attached hydrogen (secondary N) is 1. The van der Waals surface area contributed by atoms with Crippen LogP contribution in [0.5, 0.6) is 0 Å². The summed E-state index contributed by atoms with van der Waals surface area (Å²) in [6.45, 7) is 1.65. The van der Waals surface area contributed by atoms with E-state index in [9.17, 15) is 13.2 Å². The highest BCUT2D eigenvalue weighted by atomic mass is 19.4. The molecule has 0 unspecified atom stereocenters. The number of piperidine rings is 1. The summed E-state index contributed by atoms with van der Waals surface area (Å²) in [6.07, 6.45) is -1.07. The fourth-order valence-corrected chi connectivity index (χ4v) is 2.98. The molecule has 0 aliphatic carbocycles. The monoisotopic (exact) mass is 317 g/mol. The van der Waals surface area contributed by atoms with Crippen LogP contribution in [0.3, 0.4) is 0 Å². The van der Waals surface area contributed by atoms with E-state index in [1.165, 1.54) is 0 Å². The molecule has 0 atom stereocenters. The van der Waals surface area contributed by atoms with Gasteiger partial charge in [0.25, 0.3) is 0 Å². The molecule has 1 heterocycles. The molecule has 1 fully saturated rings. The molecule has 120 valence electrons. The zero-order chi connectivity index (χ0) is 16.3. The van der Waals surface area contributed by atoms with Gasteiger partial charge in [-0.3, -0.25) is 0 Å². The minimum Gasteiger partial charge on any atom is -0.316 e. The maximum atomic E-state index is 13.7. The van der Waals surface area contributed by atoms with E-state index in [-0.39, 0.29) is 11.1 Å². The highest BCUT2D eigenvalue weighted by molar-refractivity contribution is 5.74. The summed E-state index contributed by atoms with van der Waals surface area (Å²) in [5.74, 6) is 0. The normalized spacial score (nSPS) is 15.5. The molecule has 1 aliphatic rings. The van der Waals surface area contributed by atoms with Crippen molar-refractivity contribution in [3.8, 4) is 11.1 Å². The molecule has 0 bridgehead atoms. The van der Waals surface area contributed by atoms with Crippen LogP contribution in [-0.2, 0) is 6.18 Å². The maximum Gasteiger partial charge on any atom is 0.417 e. The summed E-state index contributed by atoms with van der Waals surface area (Å²) in [6, 6.07) is 13.6. The van der Waals surface area contributed by atoms with Crippen molar-refractivity contribution in [3.63, 3.8) is 0 Å². The van der Waals surface area contributed by atoms with Crippen LogP contribution in [-0.4, -0.2) is 13.1 Å². The molecule has 2 aromatic carbocycles. The van der Waals surface area contributed by atoms with Crippen molar-refractivity contribution in [2.75, 3.05) is 13.1 Å². The van der Waals surface area contributed by atoms with Gasteiger partial charge in [-0.1, -0.05) is 60.2 Å². The Kier molecular flexibility index (Phi) is 4.53. The zero-order valence-electron chi connectivity index (χ0n) is 12.7. The van der Waals surface area contributed by atoms with E-state index >= 15 is 0 Å². The SMILES string of the molecule is FC(F)(F)c1c(C=C2CCNCC2)cccc1-c1ccccc1. The van der Waals surface area contributed by atoms with Crippen LogP contribution < -0.4 is 5.32 Å². The van der Waals surface area contributed by atoms with Gasteiger partial charge >= 0.3 is 6.18 Å². The summed E-state index contributed by atoms with van der Waals surface area (Å²) < 4.78 is 41.1. The minimum absolute atomic E-state index is 0.237. The molecule has 1 nitrogen and oxygen atoms in total. The van der Waals surface area contributed by atoms with Crippen molar-refractivity contribution in [3.05, 3.63) is 65.2 Å². The Morgan fingerprint density at radius 3 is 2.22 bits per heavy atom. The molecular weight excluding hydrogens is 299 g/mol. The summed E-state index contributed by atoms with van der Waals surface area (Å²) in [4.78, 5) is 0. The fraction of sp³-hybridized carbons (Fsp3) is 0.263. The Labute approximate surface area is 133 Å². The molecule has 1 N–H and O–H groups in total. The smallest absolute Gasteiger partial charge is 0.316 e. The lowest BCUT2D eigenvalue weighted by atomic mass is 9.92. The van der Waals surface area contributed by atoms with Crippen LogP contribution >= 0.6 is 0 Å². The molecule has 0 spiro atoms. The highest BCUT2D eigenvalue weighted by Crippen LogP contribution is 2.40. The third-order valence-corrected chi connectivity index (χ3v) is 4.07. The van der Waals surface area contributed by atoms with Crippen molar-refractivity contribution in [2.45, 2.75) is 19.0 Å². The molecule has 0 saturated carbocycles. The van der Waals surface area contributed by atoms with Gasteiger partial charge in [-0.15, -0.1) is 0 Å². The number of hydrogen-bond donors (Lipinski definition) is 1. The summed E-state index contributed by atoms with van der Waals surface area (Å²) in [7, 11) is 0. The second-order valence-electron chi connectivity index (χ2n) is 5.69. The second-order valence-corrected chi connectivity index (χ2v) is 5.69. The second kappa shape index (κ2) is 6.59. The Morgan fingerprint density at radius 1 is 0.870 bits per heavy atom. The third-order valence-electron chi connectivity index (χ3n) is 4.07. The predicted molar refractivity (Wildman–Crippen MR) is 87.0 cm³/mol. The van der Waals surface area contributed by atoms with Crippen LogP contribution in [0, 0.1) is 0 Å². The van der Waals surface area contributed by atoms with Crippen LogP contribution in [0.2, 0.25) is 0 Å². The molecule has 0 amide bonds. The van der Waals surface area contributed by atoms with Gasteiger partial charge in [0.2, 0.25) is 0 Å². The van der Waals surface area contributed by atoms with Gasteiger partial charge < -0.3 is 5.32 Å². The average molecular weight is 317 g/mol. The first-order chi connectivity index (χ1) is 11.1. The Bertz CT molecular complexity index is 694. The number of hydrogen-bond acceptors (Lipinski definition) is 1. The number of benzene rings is 2. The van der Waals surface area contributed by atoms with E-state index in [2.05, 4.69) is 5.32 Å². The lowest BCUT2D eigenvalue weighted by Crippen LogP contribution is -2.23. The van der Waals surface area contributed by atoms with Crippen LogP contribution in [0.25, 0.3) is 17.2 Å². The molecule has 23 heavy (non-hydrogen) atoms. The van der Waals surface area contributed by atoms with Gasteiger partial charge in [0.1, 0.15) is 0 Å². The van der Waals surface area contributed by atoms with E-state index in [0.29, 0.717) is 5.56 Å². The molecule has 0 aromatic heterocycles. The van der Waals surface area contributed by atoms with Crippen molar-refractivity contribution in [1.82, 2.24) is 5.32 Å². The molecular formula is C19H18F3N. The molecule has 0 radical (unpaired) electrons. The highest BCUT2D eigenvalue weighted by Gasteiger charge is 2.35. The van der Waals surface area contributed by atoms with Gasteiger partial charge in [-0.25, -0.2) is 0 Å². The quantitative estimate of drug-likeness (QED) is 0.809. The molecule has 3 rings (SSSR count). The standard InChI is InChI=1S/C19H18F3N/c20-19(21,22)18-16(13-14-9-11-23-12-10-14)7-4-8-17(18)15-5-2-1-3-6-15/h1-8,13,23H,9-12H2. The number of rotatable bonds is 2. The van der Waals surface area contributed by atoms with Gasteiger partial charge in [0.15, 0.2) is 0 Å². The van der Waals surface area contributed by atoms with Crippen molar-refractivity contribution >= 4 is 6.08 Å². The fourth-order valence-electron chi connectivity index (χ4n) is 2.98. The maximum absolute atomic E-state index is 13.7. The average Bonchev–Trinajstić information content (AvgIpc) is 2.55. The van der Waals surface area contributed by atoms with Gasteiger partial charge in [-0.2, -0.15) is 13.2 Å². The Hall–Kier alpha value is -2.07. The van der Waals surface area contributed by atoms with E-state index in [1.807, 2.05) is 0 Å². The van der Waals surface area contributed by atoms with Crippen LogP contribution in [0.15, 0.2) is 54.1 Å². The Morgan fingerprint density at radius 2 is 1.57 bits per heavy atom. The van der Waals surface area contributed by atoms with Crippen LogP contribution in [0.1, 0.15) is 24.0 Å². The predicted octanol–water partition coefficient (Wildman–Crippen LogP) is 5.14. The van der Waals surface area contributed by atoms with Crippen molar-refractivity contribution < 1.29 is 13.2 Å². The van der Waals surface area contributed by atoms with E-state index in [1.54, 1.807) is 54.6 Å². The molecule has 4 heteroatoms. The summed E-state index contributed by atoms with van der Waals surface area (Å²) in [5, 5.41) is 3.22. The number of alkyl halides is 3. The molecule has 1 saturated heterocycles. The van der Waals surface area contributed by atoms with Crippen molar-refractivity contribution in [2.24, 2.45) is 0 Å².